The van der Waals surface area contributed by atoms with E-state index in [0.29, 0.717) is 6.10 Å². The first-order chi connectivity index (χ1) is 6.90. The van der Waals surface area contributed by atoms with Gasteiger partial charge in [-0.2, -0.15) is 0 Å². The Bertz CT molecular complexity index is 169. The van der Waals surface area contributed by atoms with Crippen LogP contribution < -0.4 is 0 Å². The fraction of sp³-hybridized carbons (Fsp3) is 1.00. The van der Waals surface area contributed by atoms with Gasteiger partial charge in [-0.05, 0) is 26.2 Å². The predicted octanol–water partition coefficient (Wildman–Crippen LogP) is 1.28. The second kappa shape index (κ2) is 5.10. The lowest BCUT2D eigenvalue weighted by Gasteiger charge is -2.30. The summed E-state index contributed by atoms with van der Waals surface area (Å²) in [5.74, 6) is 0. The van der Waals surface area contributed by atoms with E-state index in [1.807, 2.05) is 0 Å². The first-order valence-electron chi connectivity index (χ1n) is 5.83. The molecule has 0 radical (unpaired) electrons. The molecule has 3 nitrogen and oxygen atoms in total. The SMILES string of the molecule is CCO[C@@H]1CCN(C2CCOCC2)C1. The van der Waals surface area contributed by atoms with Gasteiger partial charge in [-0.15, -0.1) is 0 Å². The summed E-state index contributed by atoms with van der Waals surface area (Å²) in [6, 6.07) is 0.759. The molecule has 0 aliphatic carbocycles. The minimum absolute atomic E-state index is 0.489. The largest absolute Gasteiger partial charge is 0.381 e. The molecule has 0 unspecified atom stereocenters. The molecule has 14 heavy (non-hydrogen) atoms. The normalized spacial score (nSPS) is 31.1. The van der Waals surface area contributed by atoms with Gasteiger partial charge in [0.1, 0.15) is 0 Å². The van der Waals surface area contributed by atoms with E-state index in [-0.39, 0.29) is 0 Å². The fourth-order valence-electron chi connectivity index (χ4n) is 2.51. The third kappa shape index (κ3) is 2.47. The maximum atomic E-state index is 5.65. The van der Waals surface area contributed by atoms with Crippen molar-refractivity contribution in [2.24, 2.45) is 0 Å². The summed E-state index contributed by atoms with van der Waals surface area (Å²) in [6.07, 6.45) is 4.12. The number of hydrogen-bond donors (Lipinski definition) is 0. The van der Waals surface area contributed by atoms with Gasteiger partial charge in [0, 0.05) is 39.0 Å². The highest BCUT2D eigenvalue weighted by molar-refractivity contribution is 4.83. The zero-order valence-corrected chi connectivity index (χ0v) is 9.08. The lowest BCUT2D eigenvalue weighted by Crippen LogP contribution is -2.38. The van der Waals surface area contributed by atoms with E-state index in [1.54, 1.807) is 0 Å². The smallest absolute Gasteiger partial charge is 0.0714 e. The Hall–Kier alpha value is -0.120. The number of rotatable bonds is 3. The van der Waals surface area contributed by atoms with Crippen LogP contribution in [0.15, 0.2) is 0 Å². The van der Waals surface area contributed by atoms with E-state index < -0.39 is 0 Å². The summed E-state index contributed by atoms with van der Waals surface area (Å²) in [6.45, 7) is 7.18. The Morgan fingerprint density at radius 2 is 2.07 bits per heavy atom. The quantitative estimate of drug-likeness (QED) is 0.683. The maximum absolute atomic E-state index is 5.65. The van der Waals surface area contributed by atoms with Gasteiger partial charge in [-0.1, -0.05) is 0 Å². The molecule has 2 heterocycles. The summed E-state index contributed by atoms with van der Waals surface area (Å²) >= 11 is 0. The van der Waals surface area contributed by atoms with Crippen molar-refractivity contribution in [2.75, 3.05) is 32.9 Å². The minimum Gasteiger partial charge on any atom is -0.381 e. The average Bonchev–Trinajstić information content (AvgIpc) is 2.68. The van der Waals surface area contributed by atoms with Crippen LogP contribution in [0.5, 0.6) is 0 Å². The first-order valence-corrected chi connectivity index (χ1v) is 5.83. The highest BCUT2D eigenvalue weighted by atomic mass is 16.5. The maximum Gasteiger partial charge on any atom is 0.0714 e. The van der Waals surface area contributed by atoms with Crippen molar-refractivity contribution in [2.45, 2.75) is 38.3 Å². The number of nitrogens with zero attached hydrogens (tertiary/aromatic N) is 1. The predicted molar refractivity (Wildman–Crippen MR) is 55.4 cm³/mol. The van der Waals surface area contributed by atoms with Crippen LogP contribution in [0.25, 0.3) is 0 Å². The summed E-state index contributed by atoms with van der Waals surface area (Å²) in [5, 5.41) is 0. The third-order valence-electron chi connectivity index (χ3n) is 3.29. The van der Waals surface area contributed by atoms with E-state index in [9.17, 15) is 0 Å². The van der Waals surface area contributed by atoms with Crippen molar-refractivity contribution in [3.63, 3.8) is 0 Å². The van der Waals surface area contributed by atoms with Crippen LogP contribution in [0.2, 0.25) is 0 Å². The molecule has 0 aromatic rings. The third-order valence-corrected chi connectivity index (χ3v) is 3.29. The monoisotopic (exact) mass is 199 g/mol. The van der Waals surface area contributed by atoms with E-state index in [2.05, 4.69) is 11.8 Å². The Balaban J connectivity index is 1.76. The van der Waals surface area contributed by atoms with Crippen LogP contribution in [0.4, 0.5) is 0 Å². The van der Waals surface area contributed by atoms with E-state index in [1.165, 1.54) is 25.8 Å². The molecule has 0 bridgehead atoms. The fourth-order valence-corrected chi connectivity index (χ4v) is 2.51. The van der Waals surface area contributed by atoms with Gasteiger partial charge >= 0.3 is 0 Å². The first kappa shape index (κ1) is 10.4. The molecule has 2 saturated heterocycles. The molecule has 0 saturated carbocycles. The summed E-state index contributed by atoms with van der Waals surface area (Å²) in [5.41, 5.74) is 0. The molecule has 0 aromatic heterocycles. The highest BCUT2D eigenvalue weighted by Gasteiger charge is 2.29. The number of ether oxygens (including phenoxy) is 2. The Morgan fingerprint density at radius 3 is 2.79 bits per heavy atom. The van der Waals surface area contributed by atoms with Gasteiger partial charge in [-0.3, -0.25) is 4.90 Å². The second-order valence-corrected chi connectivity index (χ2v) is 4.20. The molecule has 82 valence electrons. The molecule has 2 fully saturated rings. The Labute approximate surface area is 86.4 Å². The molecular formula is C11H21NO2. The van der Waals surface area contributed by atoms with Gasteiger partial charge < -0.3 is 9.47 Å². The lowest BCUT2D eigenvalue weighted by molar-refractivity contribution is 0.0279. The lowest BCUT2D eigenvalue weighted by atomic mass is 10.1. The molecule has 3 heteroatoms. The topological polar surface area (TPSA) is 21.7 Å². The number of hydrogen-bond acceptors (Lipinski definition) is 3. The van der Waals surface area contributed by atoms with Crippen molar-refractivity contribution in [1.29, 1.82) is 0 Å². The Kier molecular flexibility index (Phi) is 3.79. The van der Waals surface area contributed by atoms with Gasteiger partial charge in [0.15, 0.2) is 0 Å². The van der Waals surface area contributed by atoms with Gasteiger partial charge in [0.25, 0.3) is 0 Å². The van der Waals surface area contributed by atoms with Crippen LogP contribution in [0, 0.1) is 0 Å². The molecule has 2 rings (SSSR count). The van der Waals surface area contributed by atoms with Gasteiger partial charge in [-0.25, -0.2) is 0 Å². The molecule has 1 atom stereocenters. The van der Waals surface area contributed by atoms with E-state index >= 15 is 0 Å². The zero-order valence-electron chi connectivity index (χ0n) is 9.08. The standard InChI is InChI=1S/C11H21NO2/c1-2-14-11-3-6-12(9-11)10-4-7-13-8-5-10/h10-11H,2-9H2,1H3/t11-/m1/s1. The number of likely N-dealkylation sites (tertiary alicyclic amines) is 1. The molecule has 2 aliphatic rings. The van der Waals surface area contributed by atoms with Crippen molar-refractivity contribution >= 4 is 0 Å². The van der Waals surface area contributed by atoms with E-state index in [4.69, 9.17) is 9.47 Å². The van der Waals surface area contributed by atoms with Crippen LogP contribution in [0.1, 0.15) is 26.2 Å². The molecule has 0 N–H and O–H groups in total. The average molecular weight is 199 g/mol. The van der Waals surface area contributed by atoms with Crippen molar-refractivity contribution in [3.8, 4) is 0 Å². The van der Waals surface area contributed by atoms with Crippen LogP contribution >= 0.6 is 0 Å². The molecular weight excluding hydrogens is 178 g/mol. The van der Waals surface area contributed by atoms with Crippen molar-refractivity contribution in [1.82, 2.24) is 4.90 Å². The molecule has 0 spiro atoms. The van der Waals surface area contributed by atoms with Gasteiger partial charge in [0.05, 0.1) is 6.10 Å². The molecule has 0 amide bonds. The zero-order chi connectivity index (χ0) is 9.80. The van der Waals surface area contributed by atoms with E-state index in [0.717, 1.165) is 32.4 Å². The molecule has 2 aliphatic heterocycles. The summed E-state index contributed by atoms with van der Waals surface area (Å²) in [4.78, 5) is 2.59. The second-order valence-electron chi connectivity index (χ2n) is 4.20. The summed E-state index contributed by atoms with van der Waals surface area (Å²) in [7, 11) is 0. The molecule has 0 aromatic carbocycles. The van der Waals surface area contributed by atoms with Crippen LogP contribution in [-0.4, -0.2) is 50.0 Å². The van der Waals surface area contributed by atoms with Crippen LogP contribution in [0.3, 0.4) is 0 Å². The summed E-state index contributed by atoms with van der Waals surface area (Å²) < 4.78 is 11.0. The van der Waals surface area contributed by atoms with Crippen LogP contribution in [-0.2, 0) is 9.47 Å². The van der Waals surface area contributed by atoms with Crippen molar-refractivity contribution < 1.29 is 9.47 Å². The minimum atomic E-state index is 0.489. The highest BCUT2D eigenvalue weighted by Crippen LogP contribution is 2.21. The van der Waals surface area contributed by atoms with Gasteiger partial charge in [0.2, 0.25) is 0 Å². The Morgan fingerprint density at radius 1 is 1.29 bits per heavy atom. The van der Waals surface area contributed by atoms with Crippen molar-refractivity contribution in [3.05, 3.63) is 0 Å².